The molecule has 0 heterocycles. The molecule has 2 atom stereocenters. The van der Waals surface area contributed by atoms with Crippen LogP contribution in [0.25, 0.3) is 0 Å². The van der Waals surface area contributed by atoms with Gasteiger partial charge in [0.25, 0.3) is 0 Å². The van der Waals surface area contributed by atoms with Crippen LogP contribution in [0.3, 0.4) is 0 Å². The maximum absolute atomic E-state index is 12.2. The summed E-state index contributed by atoms with van der Waals surface area (Å²) < 4.78 is 0. The van der Waals surface area contributed by atoms with Crippen LogP contribution < -0.4 is 5.32 Å². The van der Waals surface area contributed by atoms with Crippen molar-refractivity contribution in [1.29, 1.82) is 0 Å². The number of nitrogens with one attached hydrogen (secondary N) is 1. The lowest BCUT2D eigenvalue weighted by molar-refractivity contribution is 0.191. The fourth-order valence-electron chi connectivity index (χ4n) is 2.92. The van der Waals surface area contributed by atoms with Gasteiger partial charge in [0.1, 0.15) is 5.75 Å². The summed E-state index contributed by atoms with van der Waals surface area (Å²) in [6.07, 6.45) is 4.22. The highest BCUT2D eigenvalue weighted by Crippen LogP contribution is 2.32. The Bertz CT molecular complexity index is 478. The molecule has 2 rings (SSSR count). The summed E-state index contributed by atoms with van der Waals surface area (Å²) in [5, 5.41) is 12.9. The smallest absolute Gasteiger partial charge is 0.317 e. The van der Waals surface area contributed by atoms with E-state index in [2.05, 4.69) is 12.2 Å². The number of hydrogen-bond donors (Lipinski definition) is 2. The van der Waals surface area contributed by atoms with Gasteiger partial charge in [-0.25, -0.2) is 4.79 Å². The monoisotopic (exact) mass is 322 g/mol. The second-order valence-electron chi connectivity index (χ2n) is 5.80. The largest absolute Gasteiger partial charge is 0.508 e. The molecule has 122 valence electrons. The first kappa shape index (κ1) is 17.0. The second-order valence-corrected chi connectivity index (χ2v) is 7.38. The van der Waals surface area contributed by atoms with Crippen molar-refractivity contribution in [3.05, 3.63) is 29.8 Å². The lowest BCUT2D eigenvalue weighted by atomic mass is 10.1. The highest BCUT2D eigenvalue weighted by molar-refractivity contribution is 7.99. The molecule has 2 amide bonds. The van der Waals surface area contributed by atoms with Crippen molar-refractivity contribution in [2.45, 2.75) is 43.9 Å². The molecule has 0 unspecified atom stereocenters. The predicted octanol–water partition coefficient (Wildman–Crippen LogP) is 3.25. The fraction of sp³-hybridized carbons (Fsp3) is 0.588. The maximum atomic E-state index is 12.2. The van der Waals surface area contributed by atoms with Gasteiger partial charge in [-0.05, 0) is 49.1 Å². The van der Waals surface area contributed by atoms with E-state index in [1.54, 1.807) is 12.1 Å². The number of thioether (sulfide) groups is 1. The van der Waals surface area contributed by atoms with Gasteiger partial charge in [0, 0.05) is 24.9 Å². The maximum Gasteiger partial charge on any atom is 0.317 e. The van der Waals surface area contributed by atoms with Gasteiger partial charge in [0.2, 0.25) is 0 Å². The summed E-state index contributed by atoms with van der Waals surface area (Å²) in [5.41, 5.74) is 1.11. The third-order valence-corrected chi connectivity index (χ3v) is 5.49. The van der Waals surface area contributed by atoms with Crippen molar-refractivity contribution >= 4 is 17.8 Å². The summed E-state index contributed by atoms with van der Waals surface area (Å²) in [4.78, 5) is 14.1. The first-order valence-corrected chi connectivity index (χ1v) is 9.05. The van der Waals surface area contributed by atoms with Crippen LogP contribution in [0.15, 0.2) is 24.3 Å². The number of phenols is 1. The quantitative estimate of drug-likeness (QED) is 0.845. The van der Waals surface area contributed by atoms with Crippen molar-refractivity contribution in [3.8, 4) is 5.75 Å². The molecule has 1 fully saturated rings. The SMILES string of the molecule is CCS[C@@H]1CC[C@H](N(C)C(=O)NCCc2ccc(O)cc2)C1. The molecule has 5 heteroatoms. The average Bonchev–Trinajstić information content (AvgIpc) is 2.97. The van der Waals surface area contributed by atoms with Gasteiger partial charge in [-0.3, -0.25) is 0 Å². The molecule has 2 N–H and O–H groups in total. The minimum atomic E-state index is 0.0194. The van der Waals surface area contributed by atoms with Gasteiger partial charge < -0.3 is 15.3 Å². The van der Waals surface area contributed by atoms with Crippen molar-refractivity contribution in [3.63, 3.8) is 0 Å². The molecule has 0 radical (unpaired) electrons. The number of nitrogens with zero attached hydrogens (tertiary/aromatic N) is 1. The summed E-state index contributed by atoms with van der Waals surface area (Å²) in [7, 11) is 1.90. The molecular weight excluding hydrogens is 296 g/mol. The number of carbonyl (C=O) groups is 1. The van der Waals surface area contributed by atoms with Crippen molar-refractivity contribution < 1.29 is 9.90 Å². The zero-order valence-corrected chi connectivity index (χ0v) is 14.2. The number of aromatic hydroxyl groups is 1. The lowest BCUT2D eigenvalue weighted by Gasteiger charge is -2.25. The zero-order valence-electron chi connectivity index (χ0n) is 13.4. The highest BCUT2D eigenvalue weighted by Gasteiger charge is 2.29. The van der Waals surface area contributed by atoms with Crippen LogP contribution in [0.5, 0.6) is 5.75 Å². The van der Waals surface area contributed by atoms with Crippen molar-refractivity contribution in [2.24, 2.45) is 0 Å². The zero-order chi connectivity index (χ0) is 15.9. The first-order valence-electron chi connectivity index (χ1n) is 8.00. The van der Waals surface area contributed by atoms with Gasteiger partial charge in [-0.2, -0.15) is 11.8 Å². The van der Waals surface area contributed by atoms with Crippen LogP contribution >= 0.6 is 11.8 Å². The Balaban J connectivity index is 1.71. The molecule has 0 bridgehead atoms. The molecule has 4 nitrogen and oxygen atoms in total. The Morgan fingerprint density at radius 3 is 2.77 bits per heavy atom. The molecule has 1 aliphatic rings. The van der Waals surface area contributed by atoms with E-state index in [0.717, 1.165) is 30.6 Å². The Kier molecular flexibility index (Phi) is 6.43. The van der Waals surface area contributed by atoms with Gasteiger partial charge in [0.15, 0.2) is 0 Å². The average molecular weight is 322 g/mol. The number of amides is 2. The van der Waals surface area contributed by atoms with Gasteiger partial charge in [-0.1, -0.05) is 19.1 Å². The van der Waals surface area contributed by atoms with Gasteiger partial charge in [-0.15, -0.1) is 0 Å². The number of urea groups is 1. The Labute approximate surface area is 137 Å². The van der Waals surface area contributed by atoms with Crippen molar-refractivity contribution in [2.75, 3.05) is 19.3 Å². The van der Waals surface area contributed by atoms with Crippen LogP contribution in [0.4, 0.5) is 4.79 Å². The van der Waals surface area contributed by atoms with E-state index in [0.29, 0.717) is 17.8 Å². The molecule has 1 aliphatic carbocycles. The van der Waals surface area contributed by atoms with E-state index in [9.17, 15) is 9.90 Å². The van der Waals surface area contributed by atoms with Crippen LogP contribution in [0, 0.1) is 0 Å². The summed E-state index contributed by atoms with van der Waals surface area (Å²) in [6, 6.07) is 7.51. The number of hydrogen-bond acceptors (Lipinski definition) is 3. The van der Waals surface area contributed by atoms with Crippen LogP contribution in [0.1, 0.15) is 31.7 Å². The summed E-state index contributed by atoms with van der Waals surface area (Å²) in [6.45, 7) is 2.81. The van der Waals surface area contributed by atoms with E-state index in [1.165, 1.54) is 6.42 Å². The topological polar surface area (TPSA) is 52.6 Å². The van der Waals surface area contributed by atoms with Crippen LogP contribution in [0.2, 0.25) is 0 Å². The number of phenolic OH excluding ortho intramolecular Hbond substituents is 1. The number of carbonyl (C=O) groups excluding carboxylic acids is 1. The normalized spacial score (nSPS) is 20.8. The third kappa shape index (κ3) is 4.83. The molecule has 0 aliphatic heterocycles. The second kappa shape index (κ2) is 8.32. The van der Waals surface area contributed by atoms with E-state index in [-0.39, 0.29) is 11.8 Å². The number of benzene rings is 1. The molecular formula is C17H26N2O2S. The summed E-state index contributed by atoms with van der Waals surface area (Å²) >= 11 is 2.01. The Hall–Kier alpha value is -1.36. The molecule has 0 spiro atoms. The van der Waals surface area contributed by atoms with Crippen molar-refractivity contribution in [1.82, 2.24) is 10.2 Å². The van der Waals surface area contributed by atoms with E-state index in [1.807, 2.05) is 35.8 Å². The molecule has 1 aromatic rings. The lowest BCUT2D eigenvalue weighted by Crippen LogP contribution is -2.43. The van der Waals surface area contributed by atoms with E-state index >= 15 is 0 Å². The molecule has 22 heavy (non-hydrogen) atoms. The first-order chi connectivity index (χ1) is 10.6. The summed E-state index contributed by atoms with van der Waals surface area (Å²) in [5.74, 6) is 1.42. The molecule has 0 aromatic heterocycles. The van der Waals surface area contributed by atoms with E-state index < -0.39 is 0 Å². The minimum absolute atomic E-state index is 0.0194. The van der Waals surface area contributed by atoms with Crippen LogP contribution in [-0.2, 0) is 6.42 Å². The molecule has 1 saturated carbocycles. The van der Waals surface area contributed by atoms with Gasteiger partial charge in [0.05, 0.1) is 0 Å². The predicted molar refractivity (Wildman–Crippen MR) is 92.5 cm³/mol. The molecule has 0 saturated heterocycles. The Morgan fingerprint density at radius 2 is 2.09 bits per heavy atom. The standard InChI is InChI=1S/C17H26N2O2S/c1-3-22-16-9-6-14(12-16)19(2)17(21)18-11-10-13-4-7-15(20)8-5-13/h4-5,7-8,14,16,20H,3,6,9-12H2,1-2H3,(H,18,21)/t14-,16+/m0/s1. The third-order valence-electron chi connectivity index (χ3n) is 4.25. The molecule has 1 aromatic carbocycles. The van der Waals surface area contributed by atoms with Gasteiger partial charge >= 0.3 is 6.03 Å². The van der Waals surface area contributed by atoms with E-state index in [4.69, 9.17) is 0 Å². The Morgan fingerprint density at radius 1 is 1.36 bits per heavy atom. The number of rotatable bonds is 6. The fourth-order valence-corrected chi connectivity index (χ4v) is 4.06. The minimum Gasteiger partial charge on any atom is -0.508 e. The van der Waals surface area contributed by atoms with Crippen LogP contribution in [-0.4, -0.2) is 46.7 Å². The highest BCUT2D eigenvalue weighted by atomic mass is 32.2.